The van der Waals surface area contributed by atoms with Crippen LogP contribution in [0, 0.1) is 6.92 Å². The summed E-state index contributed by atoms with van der Waals surface area (Å²) in [6.45, 7) is 3.85. The second-order valence-electron chi connectivity index (χ2n) is 5.15. The third-order valence-corrected chi connectivity index (χ3v) is 3.68. The number of rotatable bonds is 4. The van der Waals surface area contributed by atoms with Crippen LogP contribution in [0.4, 0.5) is 11.6 Å². The van der Waals surface area contributed by atoms with Crippen molar-refractivity contribution in [2.24, 2.45) is 5.10 Å². The van der Waals surface area contributed by atoms with Gasteiger partial charge in [0.15, 0.2) is 0 Å². The quantitative estimate of drug-likeness (QED) is 0.618. The molecule has 0 unspecified atom stereocenters. The third-order valence-electron chi connectivity index (χ3n) is 3.36. The minimum Gasteiger partial charge on any atom is -0.216 e. The highest BCUT2D eigenvalue weighted by Gasteiger charge is 2.27. The maximum absolute atomic E-state index is 6.29. The Kier molecular flexibility index (Phi) is 3.88. The number of hydrazone groups is 1. The van der Waals surface area contributed by atoms with Crippen molar-refractivity contribution in [1.82, 2.24) is 9.97 Å². The molecule has 21 heavy (non-hydrogen) atoms. The van der Waals surface area contributed by atoms with E-state index in [1.54, 1.807) is 11.2 Å². The average Bonchev–Trinajstić information content (AvgIpc) is 3.30. The Bertz CT molecular complexity index is 680. The number of hydrogen-bond donors (Lipinski definition) is 0. The van der Waals surface area contributed by atoms with Crippen molar-refractivity contribution in [2.45, 2.75) is 32.6 Å². The lowest BCUT2D eigenvalue weighted by Gasteiger charge is -2.19. The van der Waals surface area contributed by atoms with Gasteiger partial charge in [-0.1, -0.05) is 23.7 Å². The molecule has 0 radical (unpaired) electrons. The van der Waals surface area contributed by atoms with Crippen molar-refractivity contribution in [1.29, 1.82) is 0 Å². The molecule has 0 aliphatic heterocycles. The molecule has 3 rings (SSSR count). The number of aromatic nitrogens is 2. The van der Waals surface area contributed by atoms with Crippen LogP contribution in [-0.4, -0.2) is 16.2 Å². The number of anilines is 2. The number of nitrogens with zero attached hydrogens (tertiary/aromatic N) is 4. The van der Waals surface area contributed by atoms with Gasteiger partial charge in [0.2, 0.25) is 0 Å². The molecule has 1 fully saturated rings. The van der Waals surface area contributed by atoms with Gasteiger partial charge in [0.25, 0.3) is 5.95 Å². The van der Waals surface area contributed by atoms with Crippen molar-refractivity contribution in [2.75, 3.05) is 5.01 Å². The molecule has 1 aliphatic rings. The summed E-state index contributed by atoms with van der Waals surface area (Å²) in [5.74, 6) is 1.15. The molecule has 108 valence electrons. The van der Waals surface area contributed by atoms with Crippen LogP contribution in [0.5, 0.6) is 0 Å². The molecule has 1 aromatic heterocycles. The molecule has 1 heterocycles. The van der Waals surface area contributed by atoms with Crippen molar-refractivity contribution in [3.63, 3.8) is 0 Å². The average molecular weight is 301 g/mol. The maximum Gasteiger partial charge on any atom is 0.251 e. The van der Waals surface area contributed by atoms with E-state index in [4.69, 9.17) is 11.6 Å². The van der Waals surface area contributed by atoms with Gasteiger partial charge in [-0.25, -0.2) is 9.97 Å². The number of hydrogen-bond acceptors (Lipinski definition) is 4. The minimum absolute atomic E-state index is 0.572. The Morgan fingerprint density at radius 2 is 2.05 bits per heavy atom. The number of para-hydroxylation sites is 1. The smallest absolute Gasteiger partial charge is 0.216 e. The molecule has 2 aromatic rings. The fraction of sp³-hybridized carbons (Fsp3) is 0.312. The molecule has 5 heteroatoms. The van der Waals surface area contributed by atoms with E-state index in [0.717, 1.165) is 17.1 Å². The maximum atomic E-state index is 6.29. The molecular formula is C16H17ClN4. The van der Waals surface area contributed by atoms with Crippen LogP contribution >= 0.6 is 11.6 Å². The molecule has 0 amide bonds. The standard InChI is InChI=1S/C16H17ClN4/c1-3-18-21(15-7-5-4-6-13(15)17)16-19-11(2)10-14(20-16)12-8-9-12/h3-7,10,12H,8-9H2,1-2H3. The lowest BCUT2D eigenvalue weighted by molar-refractivity contribution is 0.910. The summed E-state index contributed by atoms with van der Waals surface area (Å²) in [6, 6.07) is 9.63. The third kappa shape index (κ3) is 3.05. The largest absolute Gasteiger partial charge is 0.251 e. The van der Waals surface area contributed by atoms with Crippen molar-refractivity contribution in [3.05, 3.63) is 46.7 Å². The molecule has 1 aliphatic carbocycles. The molecule has 0 saturated heterocycles. The monoisotopic (exact) mass is 300 g/mol. The fourth-order valence-electron chi connectivity index (χ4n) is 2.22. The van der Waals surface area contributed by atoms with Crippen LogP contribution in [0.25, 0.3) is 0 Å². The fourth-order valence-corrected chi connectivity index (χ4v) is 2.44. The highest BCUT2D eigenvalue weighted by Crippen LogP contribution is 2.40. The van der Waals surface area contributed by atoms with E-state index < -0.39 is 0 Å². The van der Waals surface area contributed by atoms with E-state index in [2.05, 4.69) is 21.1 Å². The molecule has 4 nitrogen and oxygen atoms in total. The van der Waals surface area contributed by atoms with Crippen LogP contribution in [-0.2, 0) is 0 Å². The van der Waals surface area contributed by atoms with Crippen LogP contribution in [0.1, 0.15) is 37.1 Å². The number of aryl methyl sites for hydroxylation is 1. The van der Waals surface area contributed by atoms with Gasteiger partial charge in [-0.15, -0.1) is 0 Å². The normalized spacial score (nSPS) is 14.6. The van der Waals surface area contributed by atoms with Gasteiger partial charge in [0.1, 0.15) is 0 Å². The van der Waals surface area contributed by atoms with Crippen molar-refractivity contribution >= 4 is 29.5 Å². The number of halogens is 1. The Morgan fingerprint density at radius 1 is 1.29 bits per heavy atom. The zero-order chi connectivity index (χ0) is 14.8. The SMILES string of the molecule is CC=NN(c1nc(C)cc(C2CC2)n1)c1ccccc1Cl. The van der Waals surface area contributed by atoms with E-state index in [0.29, 0.717) is 16.9 Å². The van der Waals surface area contributed by atoms with Crippen LogP contribution in [0.15, 0.2) is 35.4 Å². The van der Waals surface area contributed by atoms with E-state index in [1.165, 1.54) is 12.8 Å². The van der Waals surface area contributed by atoms with Crippen LogP contribution in [0.2, 0.25) is 5.02 Å². The lowest BCUT2D eigenvalue weighted by Crippen LogP contribution is -2.14. The van der Waals surface area contributed by atoms with Crippen LogP contribution < -0.4 is 5.01 Å². The molecule has 0 bridgehead atoms. The zero-order valence-corrected chi connectivity index (χ0v) is 12.9. The van der Waals surface area contributed by atoms with E-state index in [9.17, 15) is 0 Å². The van der Waals surface area contributed by atoms with E-state index in [-0.39, 0.29) is 0 Å². The lowest BCUT2D eigenvalue weighted by atomic mass is 10.2. The van der Waals surface area contributed by atoms with Gasteiger partial charge in [0.05, 0.1) is 10.7 Å². The zero-order valence-electron chi connectivity index (χ0n) is 12.1. The molecule has 0 spiro atoms. The first-order chi connectivity index (χ1) is 10.2. The summed E-state index contributed by atoms with van der Waals surface area (Å²) in [6.07, 6.45) is 4.13. The topological polar surface area (TPSA) is 41.4 Å². The highest BCUT2D eigenvalue weighted by atomic mass is 35.5. The minimum atomic E-state index is 0.572. The van der Waals surface area contributed by atoms with Crippen LogP contribution in [0.3, 0.4) is 0 Å². The Labute approximate surface area is 129 Å². The Balaban J connectivity index is 2.07. The molecule has 0 N–H and O–H groups in total. The highest BCUT2D eigenvalue weighted by molar-refractivity contribution is 6.33. The summed E-state index contributed by atoms with van der Waals surface area (Å²) in [5.41, 5.74) is 2.83. The van der Waals surface area contributed by atoms with Crippen molar-refractivity contribution in [3.8, 4) is 0 Å². The predicted octanol–water partition coefficient (Wildman–Crippen LogP) is 4.46. The first-order valence-corrected chi connectivity index (χ1v) is 7.45. The summed E-state index contributed by atoms with van der Waals surface area (Å²) in [4.78, 5) is 9.20. The van der Waals surface area contributed by atoms with Gasteiger partial charge < -0.3 is 0 Å². The summed E-state index contributed by atoms with van der Waals surface area (Å²) < 4.78 is 0. The van der Waals surface area contributed by atoms with Gasteiger partial charge in [-0.2, -0.15) is 10.1 Å². The van der Waals surface area contributed by atoms with Gasteiger partial charge >= 0.3 is 0 Å². The first-order valence-electron chi connectivity index (χ1n) is 7.08. The number of benzene rings is 1. The second kappa shape index (κ2) is 5.82. The molecule has 0 atom stereocenters. The predicted molar refractivity (Wildman–Crippen MR) is 86.5 cm³/mol. The van der Waals surface area contributed by atoms with Crippen molar-refractivity contribution < 1.29 is 0 Å². The Hall–Kier alpha value is -1.94. The summed E-state index contributed by atoms with van der Waals surface area (Å²) >= 11 is 6.29. The van der Waals surface area contributed by atoms with Gasteiger partial charge in [-0.3, -0.25) is 0 Å². The molecule has 1 saturated carbocycles. The second-order valence-corrected chi connectivity index (χ2v) is 5.55. The molecule has 1 aromatic carbocycles. The van der Waals surface area contributed by atoms with Gasteiger partial charge in [-0.05, 0) is 44.9 Å². The van der Waals surface area contributed by atoms with E-state index >= 15 is 0 Å². The molecular weight excluding hydrogens is 284 g/mol. The van der Waals surface area contributed by atoms with Gasteiger partial charge in [0, 0.05) is 23.5 Å². The first kappa shape index (κ1) is 14.0. The Morgan fingerprint density at radius 3 is 2.71 bits per heavy atom. The van der Waals surface area contributed by atoms with E-state index in [1.807, 2.05) is 38.1 Å². The summed E-state index contributed by atoms with van der Waals surface area (Å²) in [5, 5.41) is 6.71. The summed E-state index contributed by atoms with van der Waals surface area (Å²) in [7, 11) is 0.